The van der Waals surface area contributed by atoms with Gasteiger partial charge in [0.05, 0.1) is 5.69 Å². The quantitative estimate of drug-likeness (QED) is 0.756. The molecule has 0 aromatic carbocycles. The molecular formula is C13H26N4. The van der Waals surface area contributed by atoms with Gasteiger partial charge in [0, 0.05) is 31.4 Å². The number of rotatable bonds is 7. The Balaban J connectivity index is 2.26. The molecule has 4 heteroatoms. The summed E-state index contributed by atoms with van der Waals surface area (Å²) in [5, 5.41) is 10.7. The minimum absolute atomic E-state index is 0.571. The second-order valence-corrected chi connectivity index (χ2v) is 5.07. The van der Waals surface area contributed by atoms with Gasteiger partial charge in [0.25, 0.3) is 0 Å². The summed E-state index contributed by atoms with van der Waals surface area (Å²) < 4.78 is 0. The van der Waals surface area contributed by atoms with Crippen LogP contribution >= 0.6 is 0 Å². The number of hydrogen-bond donors (Lipinski definition) is 2. The fourth-order valence-corrected chi connectivity index (χ4v) is 1.90. The smallest absolute Gasteiger partial charge is 0.0626 e. The molecule has 1 heterocycles. The fraction of sp³-hybridized carbons (Fsp3) is 0.769. The molecule has 0 aliphatic carbocycles. The van der Waals surface area contributed by atoms with E-state index in [1.165, 1.54) is 11.3 Å². The van der Waals surface area contributed by atoms with Crippen molar-refractivity contribution in [2.24, 2.45) is 0 Å². The highest BCUT2D eigenvalue weighted by Crippen LogP contribution is 2.10. The molecule has 0 unspecified atom stereocenters. The number of nitrogens with one attached hydrogen (secondary N) is 2. The van der Waals surface area contributed by atoms with Gasteiger partial charge in [-0.1, -0.05) is 13.8 Å². The van der Waals surface area contributed by atoms with Gasteiger partial charge >= 0.3 is 0 Å². The summed E-state index contributed by atoms with van der Waals surface area (Å²) in [6.07, 6.45) is 1.08. The fourth-order valence-electron chi connectivity index (χ4n) is 1.90. The lowest BCUT2D eigenvalue weighted by Crippen LogP contribution is -2.33. The standard InChI is InChI=1S/C13H26N4/c1-10(2)14-7-9-17(5)8-6-13-11(3)15-16-12(13)4/h10,14H,6-9H2,1-5H3,(H,15,16). The second-order valence-electron chi connectivity index (χ2n) is 5.07. The molecule has 1 rings (SSSR count). The topological polar surface area (TPSA) is 44.0 Å². The predicted molar refractivity (Wildman–Crippen MR) is 72.4 cm³/mol. The highest BCUT2D eigenvalue weighted by molar-refractivity contribution is 5.23. The first-order valence-electron chi connectivity index (χ1n) is 6.43. The molecule has 4 nitrogen and oxygen atoms in total. The van der Waals surface area contributed by atoms with E-state index in [1.54, 1.807) is 0 Å². The zero-order valence-electron chi connectivity index (χ0n) is 11.8. The summed E-state index contributed by atoms with van der Waals surface area (Å²) >= 11 is 0. The van der Waals surface area contributed by atoms with Gasteiger partial charge in [-0.3, -0.25) is 5.10 Å². The van der Waals surface area contributed by atoms with E-state index in [1.807, 2.05) is 0 Å². The highest BCUT2D eigenvalue weighted by atomic mass is 15.1. The normalized spacial score (nSPS) is 11.7. The lowest BCUT2D eigenvalue weighted by Gasteiger charge is -2.18. The lowest BCUT2D eigenvalue weighted by molar-refractivity contribution is 0.330. The monoisotopic (exact) mass is 238 g/mol. The van der Waals surface area contributed by atoms with Crippen LogP contribution < -0.4 is 5.32 Å². The molecule has 0 saturated carbocycles. The summed E-state index contributed by atoms with van der Waals surface area (Å²) in [7, 11) is 2.17. The summed E-state index contributed by atoms with van der Waals surface area (Å²) in [5.74, 6) is 0. The molecule has 0 aliphatic heterocycles. The lowest BCUT2D eigenvalue weighted by atomic mass is 10.1. The van der Waals surface area contributed by atoms with Gasteiger partial charge in [-0.25, -0.2) is 0 Å². The van der Waals surface area contributed by atoms with Crippen molar-refractivity contribution in [2.75, 3.05) is 26.7 Å². The first-order chi connectivity index (χ1) is 8.00. The maximum atomic E-state index is 4.22. The van der Waals surface area contributed by atoms with Crippen molar-refractivity contribution in [3.8, 4) is 0 Å². The molecule has 1 aromatic rings. The zero-order chi connectivity index (χ0) is 12.8. The Labute approximate surface area is 105 Å². The maximum absolute atomic E-state index is 4.22. The third-order valence-corrected chi connectivity index (χ3v) is 3.07. The first kappa shape index (κ1) is 14.2. The Morgan fingerprint density at radius 1 is 1.29 bits per heavy atom. The largest absolute Gasteiger partial charge is 0.313 e. The average molecular weight is 238 g/mol. The number of nitrogens with zero attached hydrogens (tertiary/aromatic N) is 2. The van der Waals surface area contributed by atoms with Crippen LogP contribution in [0, 0.1) is 13.8 Å². The molecule has 98 valence electrons. The molecule has 1 aromatic heterocycles. The van der Waals surface area contributed by atoms with Gasteiger partial charge in [-0.2, -0.15) is 5.10 Å². The van der Waals surface area contributed by atoms with E-state index < -0.39 is 0 Å². The number of aromatic nitrogens is 2. The Morgan fingerprint density at radius 3 is 2.53 bits per heavy atom. The van der Waals surface area contributed by atoms with E-state index in [0.717, 1.165) is 31.7 Å². The van der Waals surface area contributed by atoms with Crippen molar-refractivity contribution in [3.63, 3.8) is 0 Å². The molecular weight excluding hydrogens is 212 g/mol. The van der Waals surface area contributed by atoms with Crippen molar-refractivity contribution in [1.29, 1.82) is 0 Å². The van der Waals surface area contributed by atoms with Crippen molar-refractivity contribution < 1.29 is 0 Å². The van der Waals surface area contributed by atoms with E-state index in [2.05, 4.69) is 55.2 Å². The van der Waals surface area contributed by atoms with Crippen molar-refractivity contribution >= 4 is 0 Å². The van der Waals surface area contributed by atoms with Crippen molar-refractivity contribution in [2.45, 2.75) is 40.2 Å². The molecule has 17 heavy (non-hydrogen) atoms. The summed E-state index contributed by atoms with van der Waals surface area (Å²) in [5.41, 5.74) is 3.71. The van der Waals surface area contributed by atoms with Crippen LogP contribution in [0.4, 0.5) is 0 Å². The molecule has 0 amide bonds. The molecule has 0 saturated heterocycles. The minimum atomic E-state index is 0.571. The molecule has 0 fully saturated rings. The van der Waals surface area contributed by atoms with E-state index in [-0.39, 0.29) is 0 Å². The Hall–Kier alpha value is -0.870. The number of aryl methyl sites for hydroxylation is 2. The van der Waals surface area contributed by atoms with Gasteiger partial charge in [0.2, 0.25) is 0 Å². The van der Waals surface area contributed by atoms with E-state index in [0.29, 0.717) is 6.04 Å². The SMILES string of the molecule is Cc1n[nH]c(C)c1CCN(C)CCNC(C)C. The Morgan fingerprint density at radius 2 is 2.00 bits per heavy atom. The number of aromatic amines is 1. The van der Waals surface area contributed by atoms with Gasteiger partial charge in [0.1, 0.15) is 0 Å². The van der Waals surface area contributed by atoms with Crippen LogP contribution in [0.25, 0.3) is 0 Å². The van der Waals surface area contributed by atoms with Gasteiger partial charge in [-0.05, 0) is 32.9 Å². The van der Waals surface area contributed by atoms with Crippen LogP contribution in [0.2, 0.25) is 0 Å². The Bertz CT molecular complexity index is 311. The molecule has 2 N–H and O–H groups in total. The minimum Gasteiger partial charge on any atom is -0.313 e. The Kier molecular flexibility index (Phi) is 5.65. The first-order valence-corrected chi connectivity index (χ1v) is 6.43. The van der Waals surface area contributed by atoms with Gasteiger partial charge in [-0.15, -0.1) is 0 Å². The molecule has 0 atom stereocenters. The van der Waals surface area contributed by atoms with Crippen molar-refractivity contribution in [1.82, 2.24) is 20.4 Å². The molecule has 0 spiro atoms. The van der Waals surface area contributed by atoms with Crippen LogP contribution in [-0.4, -0.2) is 47.8 Å². The van der Waals surface area contributed by atoms with E-state index >= 15 is 0 Å². The summed E-state index contributed by atoms with van der Waals surface area (Å²) in [4.78, 5) is 2.36. The van der Waals surface area contributed by atoms with Crippen molar-refractivity contribution in [3.05, 3.63) is 17.0 Å². The maximum Gasteiger partial charge on any atom is 0.0626 e. The van der Waals surface area contributed by atoms with E-state index in [9.17, 15) is 0 Å². The molecule has 0 aliphatic rings. The van der Waals surface area contributed by atoms with Crippen LogP contribution in [0.5, 0.6) is 0 Å². The van der Waals surface area contributed by atoms with Crippen LogP contribution in [0.1, 0.15) is 30.8 Å². The predicted octanol–water partition coefficient (Wildman–Crippen LogP) is 1.50. The van der Waals surface area contributed by atoms with Crippen LogP contribution in [-0.2, 0) is 6.42 Å². The average Bonchev–Trinajstić information content (AvgIpc) is 2.55. The number of likely N-dealkylation sites (N-methyl/N-ethyl adjacent to an activating group) is 1. The zero-order valence-corrected chi connectivity index (χ0v) is 11.8. The highest BCUT2D eigenvalue weighted by Gasteiger charge is 2.07. The molecule has 0 bridgehead atoms. The number of H-pyrrole nitrogens is 1. The number of hydrogen-bond acceptors (Lipinski definition) is 3. The summed E-state index contributed by atoms with van der Waals surface area (Å²) in [6, 6.07) is 0.571. The van der Waals surface area contributed by atoms with Gasteiger partial charge in [0.15, 0.2) is 0 Å². The van der Waals surface area contributed by atoms with E-state index in [4.69, 9.17) is 0 Å². The third kappa shape index (κ3) is 4.88. The van der Waals surface area contributed by atoms with Crippen LogP contribution in [0.15, 0.2) is 0 Å². The third-order valence-electron chi connectivity index (χ3n) is 3.07. The second kappa shape index (κ2) is 6.77. The van der Waals surface area contributed by atoms with Crippen LogP contribution in [0.3, 0.4) is 0 Å². The van der Waals surface area contributed by atoms with Gasteiger partial charge < -0.3 is 10.2 Å². The molecule has 0 radical (unpaired) electrons. The summed E-state index contributed by atoms with van der Waals surface area (Å²) in [6.45, 7) is 11.7.